The fraction of sp³-hybridized carbons (Fsp3) is 0.500. The molecule has 416 valence electrons. The number of rotatable bonds is 18. The molecule has 0 saturated heterocycles. The molecule has 3 fully saturated rings. The second-order valence-electron chi connectivity index (χ2n) is 21.0. The van der Waals surface area contributed by atoms with Gasteiger partial charge in [0.15, 0.2) is 0 Å². The fourth-order valence-electron chi connectivity index (χ4n) is 10.6. The number of nitrogens with one attached hydrogen (secondary N) is 4. The summed E-state index contributed by atoms with van der Waals surface area (Å²) in [5, 5.41) is 68.4. The molecule has 1 aromatic carbocycles. The second kappa shape index (κ2) is 21.5. The lowest BCUT2D eigenvalue weighted by atomic mass is 9.88. The largest absolute Gasteiger partial charge is 0.573 e. The zero-order chi connectivity index (χ0) is 55.6. The van der Waals surface area contributed by atoms with E-state index in [2.05, 4.69) is 36.0 Å². The summed E-state index contributed by atoms with van der Waals surface area (Å²) in [6.07, 6.45) is -6.00. The molecule has 0 spiro atoms. The molecule has 3 saturated carbocycles. The molecule has 2 unspecified atom stereocenters. The predicted octanol–water partition coefficient (Wildman–Crippen LogP) is 7.89. The number of hydrogen-bond acceptors (Lipinski definition) is 21. The third-order valence-corrected chi connectivity index (χ3v) is 16.7. The number of fused-ring (bicyclic) bond motifs is 2. The maximum absolute atomic E-state index is 13.9. The van der Waals surface area contributed by atoms with Gasteiger partial charge in [-0.25, -0.2) is 28.7 Å². The molecule has 26 heteroatoms. The molecule has 6 aromatic heterocycles. The summed E-state index contributed by atoms with van der Waals surface area (Å²) in [6, 6.07) is 6.68. The first-order chi connectivity index (χ1) is 36.9. The Hall–Kier alpha value is -6.13. The van der Waals surface area contributed by atoms with E-state index in [-0.39, 0.29) is 68.8 Å². The van der Waals surface area contributed by atoms with E-state index in [4.69, 9.17) is 34.6 Å². The van der Waals surface area contributed by atoms with Gasteiger partial charge in [0.2, 0.25) is 11.9 Å². The second-order valence-corrected chi connectivity index (χ2v) is 23.1. The lowest BCUT2D eigenvalue weighted by Gasteiger charge is -2.35. The lowest BCUT2D eigenvalue weighted by molar-refractivity contribution is -0.274. The van der Waals surface area contributed by atoms with Crippen LogP contribution in [0.5, 0.6) is 5.75 Å². The number of thiazole rings is 2. The van der Waals surface area contributed by atoms with Gasteiger partial charge in [0.25, 0.3) is 5.92 Å². The fourth-order valence-corrected chi connectivity index (χ4v) is 12.8. The van der Waals surface area contributed by atoms with E-state index in [1.54, 1.807) is 33.2 Å². The number of aryl methyl sites for hydroxylation is 3. The number of hydrogen-bond donors (Lipinski definition) is 9. The minimum Gasteiger partial charge on any atom is -0.406 e. The third-order valence-electron chi connectivity index (χ3n) is 14.6. The van der Waals surface area contributed by atoms with Gasteiger partial charge in [0.05, 0.1) is 79.2 Å². The van der Waals surface area contributed by atoms with Crippen LogP contribution in [0.2, 0.25) is 0 Å². The van der Waals surface area contributed by atoms with Crippen LogP contribution in [0.25, 0.3) is 41.6 Å². The number of nitrogens with zero attached hydrogens (tertiary/aromatic N) is 8. The number of benzene rings is 1. The number of aromatic nitrogens is 8. The standard InChI is InChI=1S/C52H59F5N12O7S2/c1-22(26-7-9-30(10-8-26)75-52(55,56)57)60-48-61-23(2)36(44(68-48)64-31-15-27(20-70)40(72)42(31)74)47-67-39-33(59-14-12-35(39)78-47)19-50(5,6)76-43-32(16-28(21-71)41(43)73)65-45-37(46-66-38-25(4)58-13-11-34(38)77-46)24(3)62-49(69-45)63-29-17-51(53,54)18-29/h7-14,22,27-29,31-32,40-43,70-74H,15-21H2,1-6H3,(H2,60,61,64,68)(H2,62,63,65,69)/t22-,27-,28-,31?,32?,40-,41-,42+,43+/m1/s1. The molecule has 78 heavy (non-hydrogen) atoms. The topological polar surface area (TPSA) is 271 Å². The van der Waals surface area contributed by atoms with Crippen molar-refractivity contribution in [1.82, 2.24) is 39.9 Å². The van der Waals surface area contributed by atoms with Gasteiger partial charge in [0, 0.05) is 62.7 Å². The first-order valence-electron chi connectivity index (χ1n) is 25.4. The van der Waals surface area contributed by atoms with Crippen molar-refractivity contribution in [2.45, 2.75) is 140 Å². The average molecular weight is 1120 g/mol. The molecule has 10 rings (SSSR count). The summed E-state index contributed by atoms with van der Waals surface area (Å²) in [7, 11) is 0. The summed E-state index contributed by atoms with van der Waals surface area (Å²) in [5.41, 5.74) is 4.20. The highest BCUT2D eigenvalue weighted by atomic mass is 32.1. The molecular weight excluding hydrogens is 1060 g/mol. The summed E-state index contributed by atoms with van der Waals surface area (Å²) >= 11 is 2.76. The molecular formula is C52H59F5N12O7S2. The normalized spacial score (nSPS) is 23.9. The van der Waals surface area contributed by atoms with Crippen molar-refractivity contribution in [1.29, 1.82) is 0 Å². The maximum Gasteiger partial charge on any atom is 0.573 e. The monoisotopic (exact) mass is 1120 g/mol. The molecule has 3 aliphatic carbocycles. The number of alkyl halides is 5. The smallest absolute Gasteiger partial charge is 0.406 e. The van der Waals surface area contributed by atoms with E-state index in [9.17, 15) is 47.5 Å². The van der Waals surface area contributed by atoms with E-state index < -0.39 is 78.3 Å². The van der Waals surface area contributed by atoms with Crippen LogP contribution in [0, 0.1) is 32.6 Å². The Morgan fingerprint density at radius 3 is 1.86 bits per heavy atom. The van der Waals surface area contributed by atoms with Crippen LogP contribution in [0.3, 0.4) is 0 Å². The molecule has 9 N–H and O–H groups in total. The van der Waals surface area contributed by atoms with Crippen molar-refractivity contribution in [3.63, 3.8) is 0 Å². The number of aliphatic hydroxyl groups excluding tert-OH is 5. The van der Waals surface area contributed by atoms with Gasteiger partial charge in [-0.15, -0.1) is 35.8 Å². The third kappa shape index (κ3) is 11.6. The highest BCUT2D eigenvalue weighted by Crippen LogP contribution is 2.44. The Morgan fingerprint density at radius 2 is 1.26 bits per heavy atom. The number of ether oxygens (including phenoxy) is 2. The van der Waals surface area contributed by atoms with Gasteiger partial charge in [0.1, 0.15) is 50.6 Å². The van der Waals surface area contributed by atoms with Crippen LogP contribution in [0.4, 0.5) is 45.5 Å². The number of aliphatic hydroxyl groups is 5. The highest BCUT2D eigenvalue weighted by Gasteiger charge is 2.48. The number of pyridine rings is 2. The zero-order valence-corrected chi connectivity index (χ0v) is 44.8. The highest BCUT2D eigenvalue weighted by molar-refractivity contribution is 7.22. The van der Waals surface area contributed by atoms with Gasteiger partial charge < -0.3 is 56.3 Å². The molecule has 0 amide bonds. The Kier molecular flexibility index (Phi) is 15.2. The first-order valence-corrected chi connectivity index (χ1v) is 27.1. The van der Waals surface area contributed by atoms with Crippen molar-refractivity contribution in [3.05, 3.63) is 77.1 Å². The van der Waals surface area contributed by atoms with E-state index >= 15 is 0 Å². The molecule has 19 nitrogen and oxygen atoms in total. The minimum atomic E-state index is -4.85. The summed E-state index contributed by atoms with van der Waals surface area (Å²) in [4.78, 5) is 38.3. The van der Waals surface area contributed by atoms with Crippen LogP contribution < -0.4 is 26.0 Å². The Morgan fingerprint density at radius 1 is 0.692 bits per heavy atom. The first kappa shape index (κ1) is 55.2. The molecule has 0 bridgehead atoms. The van der Waals surface area contributed by atoms with Crippen LogP contribution in [-0.2, 0) is 11.2 Å². The van der Waals surface area contributed by atoms with Crippen LogP contribution >= 0.6 is 22.7 Å². The molecule has 0 radical (unpaired) electrons. The molecule has 0 aliphatic heterocycles. The maximum atomic E-state index is 13.9. The quantitative estimate of drug-likeness (QED) is 0.0370. The van der Waals surface area contributed by atoms with E-state index in [0.717, 1.165) is 15.1 Å². The van der Waals surface area contributed by atoms with E-state index in [1.165, 1.54) is 46.9 Å². The minimum absolute atomic E-state index is 0.148. The summed E-state index contributed by atoms with van der Waals surface area (Å²) in [6.45, 7) is 10.2. The zero-order valence-electron chi connectivity index (χ0n) is 43.2. The number of anilines is 4. The average Bonchev–Trinajstić information content (AvgIpc) is 4.22. The van der Waals surface area contributed by atoms with Crippen molar-refractivity contribution in [2.75, 3.05) is 34.5 Å². The predicted molar refractivity (Wildman–Crippen MR) is 284 cm³/mol. The number of halogens is 5. The van der Waals surface area contributed by atoms with E-state index in [1.807, 2.05) is 32.9 Å². The van der Waals surface area contributed by atoms with Crippen molar-refractivity contribution < 1.29 is 57.0 Å². The molecule has 9 atom stereocenters. The SMILES string of the molecule is Cc1nc(NC2CC(F)(F)C2)nc(NC2C[C@H](CO)[C@@H](O)[C@H]2OC(C)(C)Cc2nccc3sc(-c4c(C)nc(N[C@H](C)c5ccc(OC(F)(F)F)cc5)nc4NC4C[C@H](CO)[C@@H](O)[C@H]4O)nc23)c1-c1nc2c(C)nccc2s1. The van der Waals surface area contributed by atoms with Gasteiger partial charge in [-0.2, -0.15) is 9.97 Å². The van der Waals surface area contributed by atoms with Gasteiger partial charge in [-0.1, -0.05) is 12.1 Å². The molecule has 3 aliphatic rings. The van der Waals surface area contributed by atoms with Crippen LogP contribution in [0.15, 0.2) is 48.8 Å². The lowest BCUT2D eigenvalue weighted by Crippen LogP contribution is -2.45. The molecule has 6 heterocycles. The van der Waals surface area contributed by atoms with Gasteiger partial charge >= 0.3 is 6.36 Å². The Bertz CT molecular complexity index is 3310. The Labute approximate surface area is 452 Å². The van der Waals surface area contributed by atoms with Crippen LogP contribution in [-0.4, -0.2) is 139 Å². The van der Waals surface area contributed by atoms with Crippen molar-refractivity contribution in [2.24, 2.45) is 11.8 Å². The van der Waals surface area contributed by atoms with Crippen molar-refractivity contribution >= 4 is 66.6 Å². The summed E-state index contributed by atoms with van der Waals surface area (Å²) in [5.74, 6) is -3.44. The van der Waals surface area contributed by atoms with E-state index in [0.29, 0.717) is 60.6 Å². The van der Waals surface area contributed by atoms with Gasteiger partial charge in [-0.3, -0.25) is 9.97 Å². The summed E-state index contributed by atoms with van der Waals surface area (Å²) < 4.78 is 79.1. The van der Waals surface area contributed by atoms with Crippen molar-refractivity contribution in [3.8, 4) is 26.9 Å². The Balaban J connectivity index is 0.936. The molecule has 7 aromatic rings. The van der Waals surface area contributed by atoms with Crippen LogP contribution in [0.1, 0.15) is 80.8 Å². The van der Waals surface area contributed by atoms with Gasteiger partial charge in [-0.05, 0) is 84.2 Å².